The van der Waals surface area contributed by atoms with Crippen LogP contribution in [0.2, 0.25) is 5.02 Å². The third kappa shape index (κ3) is 6.31. The fourth-order valence-electron chi connectivity index (χ4n) is 2.65. The van der Waals surface area contributed by atoms with Gasteiger partial charge in [-0.15, -0.1) is 11.8 Å². The van der Waals surface area contributed by atoms with Crippen LogP contribution in [-0.4, -0.2) is 22.0 Å². The molecule has 0 heterocycles. The molecule has 0 aromatic heterocycles. The van der Waals surface area contributed by atoms with Crippen molar-refractivity contribution in [3.05, 3.63) is 93.5 Å². The Hall–Kier alpha value is -3.36. The van der Waals surface area contributed by atoms with E-state index in [1.807, 2.05) is 6.07 Å². The Balaban J connectivity index is 1.61. The van der Waals surface area contributed by atoms with Crippen molar-refractivity contribution in [2.24, 2.45) is 0 Å². The summed E-state index contributed by atoms with van der Waals surface area (Å²) in [7, 11) is 0. The van der Waals surface area contributed by atoms with Gasteiger partial charge in [0.1, 0.15) is 0 Å². The number of amides is 2. The second kappa shape index (κ2) is 10.1. The summed E-state index contributed by atoms with van der Waals surface area (Å²) in [6, 6.07) is 19.5. The number of benzene rings is 3. The van der Waals surface area contributed by atoms with Gasteiger partial charge in [-0.25, -0.2) is 0 Å². The molecule has 158 valence electrons. The van der Waals surface area contributed by atoms with Gasteiger partial charge in [0.2, 0.25) is 5.91 Å². The lowest BCUT2D eigenvalue weighted by Crippen LogP contribution is -2.22. The maximum atomic E-state index is 12.5. The molecule has 0 aliphatic rings. The SMILES string of the molecule is CC(Sc1cccc(NC(=O)c2cccc(Cl)c2)c1)C(=O)Nc1ccc([N+](=O)[O-])cc1. The van der Waals surface area contributed by atoms with Gasteiger partial charge in [0.15, 0.2) is 0 Å². The van der Waals surface area contributed by atoms with Gasteiger partial charge >= 0.3 is 0 Å². The smallest absolute Gasteiger partial charge is 0.269 e. The van der Waals surface area contributed by atoms with Gasteiger partial charge in [-0.2, -0.15) is 0 Å². The summed E-state index contributed by atoms with van der Waals surface area (Å²) in [6.07, 6.45) is 0. The molecular formula is C22H18ClN3O4S. The van der Waals surface area contributed by atoms with Crippen LogP contribution in [0.4, 0.5) is 17.1 Å². The van der Waals surface area contributed by atoms with E-state index in [0.29, 0.717) is 22.0 Å². The molecule has 1 atom stereocenters. The lowest BCUT2D eigenvalue weighted by Gasteiger charge is -2.13. The topological polar surface area (TPSA) is 101 Å². The van der Waals surface area contributed by atoms with E-state index in [1.165, 1.54) is 36.0 Å². The molecule has 3 aromatic rings. The molecule has 0 aliphatic heterocycles. The molecule has 0 bridgehead atoms. The maximum absolute atomic E-state index is 12.5. The van der Waals surface area contributed by atoms with E-state index in [4.69, 9.17) is 11.6 Å². The zero-order valence-electron chi connectivity index (χ0n) is 16.4. The van der Waals surface area contributed by atoms with Gasteiger partial charge in [0.05, 0.1) is 10.2 Å². The van der Waals surface area contributed by atoms with Crippen molar-refractivity contribution in [3.8, 4) is 0 Å². The van der Waals surface area contributed by atoms with Crippen LogP contribution in [0.5, 0.6) is 0 Å². The summed E-state index contributed by atoms with van der Waals surface area (Å²) in [6.45, 7) is 1.75. The van der Waals surface area contributed by atoms with Gasteiger partial charge in [-0.1, -0.05) is 23.7 Å². The molecule has 7 nitrogen and oxygen atoms in total. The van der Waals surface area contributed by atoms with Gasteiger partial charge in [0, 0.05) is 39.0 Å². The molecule has 2 amide bonds. The number of rotatable bonds is 7. The van der Waals surface area contributed by atoms with Crippen molar-refractivity contribution in [2.75, 3.05) is 10.6 Å². The first-order valence-corrected chi connectivity index (χ1v) is 10.5. The number of nitrogens with zero attached hydrogens (tertiary/aromatic N) is 1. The number of halogens is 1. The minimum absolute atomic E-state index is 0.0444. The van der Waals surface area contributed by atoms with Crippen molar-refractivity contribution in [2.45, 2.75) is 17.1 Å². The van der Waals surface area contributed by atoms with Crippen LogP contribution in [0.1, 0.15) is 17.3 Å². The van der Waals surface area contributed by atoms with E-state index in [2.05, 4.69) is 10.6 Å². The molecular weight excluding hydrogens is 438 g/mol. The fraction of sp³-hybridized carbons (Fsp3) is 0.0909. The Labute approximate surface area is 188 Å². The first-order chi connectivity index (χ1) is 14.8. The summed E-state index contributed by atoms with van der Waals surface area (Å²) in [5.74, 6) is -0.527. The molecule has 31 heavy (non-hydrogen) atoms. The summed E-state index contributed by atoms with van der Waals surface area (Å²) in [5.41, 5.74) is 1.47. The number of nitro benzene ring substituents is 1. The van der Waals surface area contributed by atoms with Gasteiger partial charge in [-0.05, 0) is 55.5 Å². The summed E-state index contributed by atoms with van der Waals surface area (Å²) < 4.78 is 0. The molecule has 1 unspecified atom stereocenters. The largest absolute Gasteiger partial charge is 0.325 e. The van der Waals surface area contributed by atoms with E-state index in [1.54, 1.807) is 49.4 Å². The third-order valence-electron chi connectivity index (χ3n) is 4.21. The quantitative estimate of drug-likeness (QED) is 0.273. The van der Waals surface area contributed by atoms with E-state index in [-0.39, 0.29) is 17.5 Å². The van der Waals surface area contributed by atoms with Crippen LogP contribution in [0, 0.1) is 10.1 Å². The highest BCUT2D eigenvalue weighted by atomic mass is 35.5. The summed E-state index contributed by atoms with van der Waals surface area (Å²) in [4.78, 5) is 35.9. The van der Waals surface area contributed by atoms with Crippen molar-refractivity contribution in [3.63, 3.8) is 0 Å². The predicted octanol–water partition coefficient (Wildman–Crippen LogP) is 5.62. The number of nitro groups is 1. The first kappa shape index (κ1) is 22.3. The standard InChI is InChI=1S/C22H18ClN3O4S/c1-14(21(27)24-17-8-10-19(11-9-17)26(29)30)31-20-7-3-6-18(13-20)25-22(28)15-4-2-5-16(23)12-15/h2-14H,1H3,(H,24,27)(H,25,28). The number of carbonyl (C=O) groups is 2. The molecule has 0 spiro atoms. The number of thioether (sulfide) groups is 1. The van der Waals surface area contributed by atoms with Crippen LogP contribution in [0.3, 0.4) is 0 Å². The number of carbonyl (C=O) groups excluding carboxylic acids is 2. The zero-order valence-corrected chi connectivity index (χ0v) is 17.9. The number of non-ortho nitro benzene ring substituents is 1. The zero-order chi connectivity index (χ0) is 22.4. The second-order valence-corrected chi connectivity index (χ2v) is 8.40. The van der Waals surface area contributed by atoms with Gasteiger partial charge < -0.3 is 10.6 Å². The minimum Gasteiger partial charge on any atom is -0.325 e. The van der Waals surface area contributed by atoms with E-state index in [9.17, 15) is 19.7 Å². The highest BCUT2D eigenvalue weighted by molar-refractivity contribution is 8.00. The second-order valence-electron chi connectivity index (χ2n) is 6.55. The Kier molecular flexibility index (Phi) is 7.28. The lowest BCUT2D eigenvalue weighted by molar-refractivity contribution is -0.384. The molecule has 9 heteroatoms. The lowest BCUT2D eigenvalue weighted by atomic mass is 10.2. The number of nitrogens with one attached hydrogen (secondary N) is 2. The number of anilines is 2. The van der Waals surface area contributed by atoms with Gasteiger partial charge in [0.25, 0.3) is 11.6 Å². The third-order valence-corrected chi connectivity index (χ3v) is 5.54. The summed E-state index contributed by atoms with van der Waals surface area (Å²) in [5, 5.41) is 16.3. The van der Waals surface area contributed by atoms with Crippen molar-refractivity contribution in [1.82, 2.24) is 0 Å². The molecule has 0 saturated carbocycles. The van der Waals surface area contributed by atoms with Crippen LogP contribution < -0.4 is 10.6 Å². The average Bonchev–Trinajstić information content (AvgIpc) is 2.74. The van der Waals surface area contributed by atoms with Crippen LogP contribution in [0.15, 0.2) is 77.7 Å². The van der Waals surface area contributed by atoms with Crippen LogP contribution >= 0.6 is 23.4 Å². The van der Waals surface area contributed by atoms with Crippen molar-refractivity contribution < 1.29 is 14.5 Å². The Bertz CT molecular complexity index is 1120. The highest BCUT2D eigenvalue weighted by Gasteiger charge is 2.16. The normalized spacial score (nSPS) is 11.4. The number of hydrogen-bond donors (Lipinski definition) is 2. The molecule has 2 N–H and O–H groups in total. The van der Waals surface area contributed by atoms with Crippen molar-refractivity contribution in [1.29, 1.82) is 0 Å². The van der Waals surface area contributed by atoms with E-state index < -0.39 is 10.2 Å². The molecule has 0 saturated heterocycles. The Morgan fingerprint density at radius 2 is 1.68 bits per heavy atom. The molecule has 3 aromatic carbocycles. The Morgan fingerprint density at radius 1 is 0.968 bits per heavy atom. The molecule has 3 rings (SSSR count). The van der Waals surface area contributed by atoms with E-state index >= 15 is 0 Å². The van der Waals surface area contributed by atoms with Crippen LogP contribution in [0.25, 0.3) is 0 Å². The van der Waals surface area contributed by atoms with E-state index in [0.717, 1.165) is 4.90 Å². The van der Waals surface area contributed by atoms with Crippen molar-refractivity contribution >= 4 is 52.2 Å². The fourth-order valence-corrected chi connectivity index (χ4v) is 3.76. The highest BCUT2D eigenvalue weighted by Crippen LogP contribution is 2.27. The van der Waals surface area contributed by atoms with Crippen LogP contribution in [-0.2, 0) is 4.79 Å². The molecule has 0 aliphatic carbocycles. The first-order valence-electron chi connectivity index (χ1n) is 9.21. The Morgan fingerprint density at radius 3 is 2.35 bits per heavy atom. The minimum atomic E-state index is -0.498. The predicted molar refractivity (Wildman–Crippen MR) is 123 cm³/mol. The number of hydrogen-bond acceptors (Lipinski definition) is 5. The summed E-state index contributed by atoms with van der Waals surface area (Å²) >= 11 is 7.26. The average molecular weight is 456 g/mol. The molecule has 0 fully saturated rings. The maximum Gasteiger partial charge on any atom is 0.269 e. The van der Waals surface area contributed by atoms with Gasteiger partial charge in [-0.3, -0.25) is 19.7 Å². The molecule has 0 radical (unpaired) electrons. The monoisotopic (exact) mass is 455 g/mol.